The van der Waals surface area contributed by atoms with Crippen molar-refractivity contribution in [1.29, 1.82) is 0 Å². The van der Waals surface area contributed by atoms with Crippen LogP contribution in [0.1, 0.15) is 18.9 Å². The molecule has 2 N–H and O–H groups in total. The number of hydrogen-bond donors (Lipinski definition) is 1. The molecule has 0 aliphatic carbocycles. The summed E-state index contributed by atoms with van der Waals surface area (Å²) in [5.41, 5.74) is 6.71. The predicted octanol–water partition coefficient (Wildman–Crippen LogP) is 0.977. The Hall–Kier alpha value is -2.22. The molecular weight excluding hydrogens is 220 g/mol. The Bertz CT molecular complexity index is 461. The van der Waals surface area contributed by atoms with Crippen molar-refractivity contribution >= 4 is 11.7 Å². The van der Waals surface area contributed by atoms with Crippen LogP contribution in [0.3, 0.4) is 0 Å². The second-order valence-corrected chi connectivity index (χ2v) is 3.11. The van der Waals surface area contributed by atoms with Gasteiger partial charge in [-0.2, -0.15) is 0 Å². The predicted molar refractivity (Wildman–Crippen MR) is 63.3 cm³/mol. The van der Waals surface area contributed by atoms with Gasteiger partial charge in [-0.25, -0.2) is 4.98 Å². The van der Waals surface area contributed by atoms with E-state index in [0.29, 0.717) is 23.7 Å². The standard InChI is InChI=1S/C12H14N2O3/c1-3-17-11(15)6-4-5-9-7-10(13)12(16-2)14-8-9/h7-8H,3,6,13H2,1-2H3. The van der Waals surface area contributed by atoms with Gasteiger partial charge in [-0.1, -0.05) is 11.8 Å². The van der Waals surface area contributed by atoms with E-state index in [2.05, 4.69) is 16.8 Å². The number of aromatic nitrogens is 1. The number of anilines is 1. The molecule has 1 aromatic heterocycles. The van der Waals surface area contributed by atoms with E-state index in [1.807, 2.05) is 0 Å². The fourth-order valence-corrected chi connectivity index (χ4v) is 1.14. The lowest BCUT2D eigenvalue weighted by Gasteiger charge is -2.01. The van der Waals surface area contributed by atoms with E-state index in [9.17, 15) is 4.79 Å². The van der Waals surface area contributed by atoms with Crippen molar-refractivity contribution in [2.45, 2.75) is 13.3 Å². The highest BCUT2D eigenvalue weighted by Crippen LogP contribution is 2.17. The number of carbonyl (C=O) groups excluding carboxylic acids is 1. The first kappa shape index (κ1) is 12.8. The molecule has 0 unspecified atom stereocenters. The van der Waals surface area contributed by atoms with Crippen LogP contribution in [0.15, 0.2) is 12.3 Å². The van der Waals surface area contributed by atoms with Gasteiger partial charge in [-0.05, 0) is 13.0 Å². The van der Waals surface area contributed by atoms with Gasteiger partial charge in [0.2, 0.25) is 5.88 Å². The first-order valence-corrected chi connectivity index (χ1v) is 5.11. The van der Waals surface area contributed by atoms with E-state index in [0.717, 1.165) is 0 Å². The van der Waals surface area contributed by atoms with Gasteiger partial charge in [0, 0.05) is 11.8 Å². The molecule has 0 atom stereocenters. The van der Waals surface area contributed by atoms with E-state index < -0.39 is 0 Å². The molecule has 0 saturated heterocycles. The van der Waals surface area contributed by atoms with E-state index in [1.165, 1.54) is 13.3 Å². The van der Waals surface area contributed by atoms with E-state index >= 15 is 0 Å². The van der Waals surface area contributed by atoms with Gasteiger partial charge in [-0.15, -0.1) is 0 Å². The van der Waals surface area contributed by atoms with Crippen LogP contribution in [-0.2, 0) is 9.53 Å². The van der Waals surface area contributed by atoms with Crippen molar-refractivity contribution < 1.29 is 14.3 Å². The van der Waals surface area contributed by atoms with Crippen LogP contribution >= 0.6 is 0 Å². The molecule has 5 nitrogen and oxygen atoms in total. The zero-order chi connectivity index (χ0) is 12.7. The highest BCUT2D eigenvalue weighted by Gasteiger charge is 2.00. The van der Waals surface area contributed by atoms with Crippen LogP contribution in [0.4, 0.5) is 5.69 Å². The molecule has 0 bridgehead atoms. The molecule has 0 fully saturated rings. The molecule has 5 heteroatoms. The third-order valence-electron chi connectivity index (χ3n) is 1.84. The minimum Gasteiger partial charge on any atom is -0.480 e. The quantitative estimate of drug-likeness (QED) is 0.623. The van der Waals surface area contributed by atoms with Crippen LogP contribution in [-0.4, -0.2) is 24.7 Å². The number of hydrogen-bond acceptors (Lipinski definition) is 5. The summed E-state index contributed by atoms with van der Waals surface area (Å²) in [6.07, 6.45) is 1.59. The molecule has 0 saturated carbocycles. The number of methoxy groups -OCH3 is 1. The van der Waals surface area contributed by atoms with E-state index in [4.69, 9.17) is 15.2 Å². The number of esters is 1. The molecule has 90 valence electrons. The smallest absolute Gasteiger partial charge is 0.317 e. The molecule has 0 radical (unpaired) electrons. The number of nitrogen functional groups attached to an aromatic ring is 1. The van der Waals surface area contributed by atoms with Crippen molar-refractivity contribution in [2.75, 3.05) is 19.5 Å². The first-order chi connectivity index (χ1) is 8.17. The van der Waals surface area contributed by atoms with Crippen molar-refractivity contribution in [2.24, 2.45) is 0 Å². The second-order valence-electron chi connectivity index (χ2n) is 3.11. The van der Waals surface area contributed by atoms with Gasteiger partial charge in [0.15, 0.2) is 0 Å². The van der Waals surface area contributed by atoms with Crippen LogP contribution in [0.5, 0.6) is 5.88 Å². The monoisotopic (exact) mass is 234 g/mol. The Morgan fingerprint density at radius 1 is 1.59 bits per heavy atom. The number of pyridine rings is 1. The number of ether oxygens (including phenoxy) is 2. The van der Waals surface area contributed by atoms with Gasteiger partial charge in [0.05, 0.1) is 19.4 Å². The summed E-state index contributed by atoms with van der Waals surface area (Å²) >= 11 is 0. The maximum absolute atomic E-state index is 11.0. The Morgan fingerprint density at radius 2 is 2.35 bits per heavy atom. The molecule has 1 rings (SSSR count). The number of carbonyl (C=O) groups is 1. The lowest BCUT2D eigenvalue weighted by Crippen LogP contribution is -2.01. The van der Waals surface area contributed by atoms with Gasteiger partial charge >= 0.3 is 5.97 Å². The molecule has 17 heavy (non-hydrogen) atoms. The lowest BCUT2D eigenvalue weighted by atomic mass is 10.2. The summed E-state index contributed by atoms with van der Waals surface area (Å²) in [6, 6.07) is 1.64. The molecule has 1 aromatic rings. The summed E-state index contributed by atoms with van der Waals surface area (Å²) in [6.45, 7) is 2.11. The summed E-state index contributed by atoms with van der Waals surface area (Å²) in [5.74, 6) is 5.49. The normalized spacial score (nSPS) is 9.06. The van der Waals surface area contributed by atoms with Crippen molar-refractivity contribution in [3.8, 4) is 17.7 Å². The third-order valence-corrected chi connectivity index (χ3v) is 1.84. The summed E-state index contributed by atoms with van der Waals surface area (Å²) < 4.78 is 9.65. The van der Waals surface area contributed by atoms with Crippen LogP contribution in [0.2, 0.25) is 0 Å². The summed E-state index contributed by atoms with van der Waals surface area (Å²) in [4.78, 5) is 15.0. The lowest BCUT2D eigenvalue weighted by molar-refractivity contribution is -0.141. The molecule has 0 aliphatic heterocycles. The van der Waals surface area contributed by atoms with Gasteiger partial charge in [0.1, 0.15) is 6.42 Å². The zero-order valence-electron chi connectivity index (χ0n) is 9.82. The molecule has 0 aromatic carbocycles. The summed E-state index contributed by atoms with van der Waals surface area (Å²) in [5, 5.41) is 0. The zero-order valence-corrected chi connectivity index (χ0v) is 9.82. The number of rotatable bonds is 3. The van der Waals surface area contributed by atoms with Crippen LogP contribution in [0.25, 0.3) is 0 Å². The van der Waals surface area contributed by atoms with Crippen molar-refractivity contribution in [3.05, 3.63) is 17.8 Å². The minimum atomic E-state index is -0.338. The second kappa shape index (κ2) is 6.38. The Labute approximate surface area is 99.9 Å². The average molecular weight is 234 g/mol. The number of nitrogens with zero attached hydrogens (tertiary/aromatic N) is 1. The van der Waals surface area contributed by atoms with Crippen LogP contribution in [0, 0.1) is 11.8 Å². The topological polar surface area (TPSA) is 74.4 Å². The Kier molecular flexibility index (Phi) is 4.82. The molecule has 0 amide bonds. The fraction of sp³-hybridized carbons (Fsp3) is 0.333. The van der Waals surface area contributed by atoms with Crippen LogP contribution < -0.4 is 10.5 Å². The highest BCUT2D eigenvalue weighted by atomic mass is 16.5. The third kappa shape index (κ3) is 4.03. The highest BCUT2D eigenvalue weighted by molar-refractivity contribution is 5.72. The molecular formula is C12H14N2O3. The SMILES string of the molecule is CCOC(=O)CC#Cc1cnc(OC)c(N)c1. The maximum Gasteiger partial charge on any atom is 0.317 e. The molecule has 1 heterocycles. The Morgan fingerprint density at radius 3 is 2.94 bits per heavy atom. The molecule has 0 spiro atoms. The maximum atomic E-state index is 11.0. The van der Waals surface area contributed by atoms with Gasteiger partial charge in [-0.3, -0.25) is 4.79 Å². The minimum absolute atomic E-state index is 0.0553. The number of nitrogens with two attached hydrogens (primary N) is 1. The Balaban J connectivity index is 2.66. The molecule has 0 aliphatic rings. The van der Waals surface area contributed by atoms with E-state index in [-0.39, 0.29) is 12.4 Å². The van der Waals surface area contributed by atoms with E-state index in [1.54, 1.807) is 13.0 Å². The fourth-order valence-electron chi connectivity index (χ4n) is 1.14. The largest absolute Gasteiger partial charge is 0.480 e. The van der Waals surface area contributed by atoms with Gasteiger partial charge in [0.25, 0.3) is 0 Å². The van der Waals surface area contributed by atoms with Gasteiger partial charge < -0.3 is 15.2 Å². The van der Waals surface area contributed by atoms with Crippen molar-refractivity contribution in [3.63, 3.8) is 0 Å². The first-order valence-electron chi connectivity index (χ1n) is 5.11. The average Bonchev–Trinajstić information content (AvgIpc) is 2.29. The summed E-state index contributed by atoms with van der Waals surface area (Å²) in [7, 11) is 1.49. The van der Waals surface area contributed by atoms with Crippen molar-refractivity contribution in [1.82, 2.24) is 4.98 Å².